The molecule has 22 nitrogen and oxygen atoms in total. The van der Waals surface area contributed by atoms with E-state index in [1.807, 2.05) is 55.4 Å². The molecule has 1 aromatic rings. The first-order chi connectivity index (χ1) is 43.0. The molecule has 1 aliphatic rings. The zero-order valence-electron chi connectivity index (χ0n) is 60.4. The predicted molar refractivity (Wildman–Crippen MR) is 360 cm³/mol. The van der Waals surface area contributed by atoms with Crippen LogP contribution in [0.15, 0.2) is 30.3 Å². The van der Waals surface area contributed by atoms with Crippen molar-refractivity contribution < 1.29 is 67.7 Å². The molecule has 0 spiro atoms. The summed E-state index contributed by atoms with van der Waals surface area (Å²) < 4.78 is 0. The summed E-state index contributed by atoms with van der Waals surface area (Å²) in [5.74, 6) is -12.6. The second-order valence-corrected chi connectivity index (χ2v) is 28.8. The molecule has 1 fully saturated rings. The van der Waals surface area contributed by atoms with E-state index in [0.29, 0.717) is 5.56 Å². The Bertz CT molecular complexity index is 2780. The van der Waals surface area contributed by atoms with Crippen molar-refractivity contribution >= 4 is 76.7 Å². The Hall–Kier alpha value is -6.84. The number of carboxylic acid groups (broad SMARTS) is 1. The van der Waals surface area contributed by atoms with E-state index in [9.17, 15) is 48.6 Å². The van der Waals surface area contributed by atoms with Crippen molar-refractivity contribution in [2.75, 3.05) is 55.9 Å². The summed E-state index contributed by atoms with van der Waals surface area (Å²) >= 11 is 0. The maximum absolute atomic E-state index is 15.4. The van der Waals surface area contributed by atoms with Crippen LogP contribution in [0.4, 0.5) is 0 Å². The van der Waals surface area contributed by atoms with Gasteiger partial charge in [-0.25, -0.2) is 4.79 Å². The van der Waals surface area contributed by atoms with E-state index < -0.39 is 167 Å². The lowest BCUT2D eigenvalue weighted by molar-refractivity contribution is -0.157. The molecule has 0 saturated carbocycles. The molecular weight excluding hydrogens is 1190 g/mol. The average molecular weight is 1310 g/mol. The average Bonchev–Trinajstić information content (AvgIpc) is 0.846. The smallest absolute Gasteiger partial charge is 0.335 e. The second kappa shape index (κ2) is 37.3. The summed E-state index contributed by atoms with van der Waals surface area (Å²) in [6, 6.07) is -2.28. The zero-order valence-corrected chi connectivity index (χ0v) is 60.4. The summed E-state index contributed by atoms with van der Waals surface area (Å²) in [4.78, 5) is 182. The number of ketones is 3. The topological polar surface area (TPSA) is 280 Å². The molecule has 0 bridgehead atoms. The Morgan fingerprint density at radius 1 is 0.527 bits per heavy atom. The molecule has 2 rings (SSSR count). The molecule has 12 atom stereocenters. The quantitative estimate of drug-likeness (QED) is 0.137. The van der Waals surface area contributed by atoms with Gasteiger partial charge in [-0.2, -0.15) is 0 Å². The Balaban J connectivity index is 3.00. The number of allylic oxidation sites excluding steroid dienone is 1. The molecular formula is C71H116N8O14. The van der Waals surface area contributed by atoms with Gasteiger partial charge in [0.05, 0.1) is 30.3 Å². The summed E-state index contributed by atoms with van der Waals surface area (Å²) in [6.45, 7) is 28.0. The lowest BCUT2D eigenvalue weighted by atomic mass is 9.84. The van der Waals surface area contributed by atoms with Crippen molar-refractivity contribution in [2.24, 2.45) is 59.2 Å². The minimum atomic E-state index is -1.60. The fourth-order valence-corrected chi connectivity index (χ4v) is 12.3. The number of likely N-dealkylation sites (N-methyl/N-ethyl adjacent to an activating group) is 7. The number of carboxylic acids is 1. The van der Waals surface area contributed by atoms with E-state index >= 15 is 19.2 Å². The van der Waals surface area contributed by atoms with Crippen molar-refractivity contribution in [3.63, 3.8) is 0 Å². The van der Waals surface area contributed by atoms with E-state index in [0.717, 1.165) is 4.90 Å². The molecule has 0 radical (unpaired) electrons. The molecule has 1 heterocycles. The van der Waals surface area contributed by atoms with Crippen LogP contribution in [0.2, 0.25) is 0 Å². The molecule has 1 aliphatic heterocycles. The number of aromatic carboxylic acids is 1. The number of Topliss-reactive ketones (excluding diaryl/α,β-unsaturated/α-hetero) is 3. The van der Waals surface area contributed by atoms with E-state index in [1.165, 1.54) is 97.8 Å². The van der Waals surface area contributed by atoms with Crippen molar-refractivity contribution in [2.45, 2.75) is 217 Å². The van der Waals surface area contributed by atoms with Gasteiger partial charge < -0.3 is 49.8 Å². The highest BCUT2D eigenvalue weighted by Crippen LogP contribution is 2.30. The zero-order chi connectivity index (χ0) is 71.5. The Labute approximate surface area is 555 Å². The predicted octanol–water partition coefficient (Wildman–Crippen LogP) is 7.38. The van der Waals surface area contributed by atoms with Crippen LogP contribution in [0.3, 0.4) is 0 Å². The fourth-order valence-electron chi connectivity index (χ4n) is 12.3. The number of aliphatic hydroxyl groups excluding tert-OH is 1. The number of nitrogens with one attached hydrogen (secondary N) is 1. The third kappa shape index (κ3) is 23.2. The Morgan fingerprint density at radius 3 is 1.43 bits per heavy atom. The molecule has 1 saturated heterocycles. The Morgan fingerprint density at radius 2 is 0.968 bits per heavy atom. The van der Waals surface area contributed by atoms with Crippen LogP contribution < -0.4 is 5.32 Å². The number of hydrogen-bond donors (Lipinski definition) is 3. The van der Waals surface area contributed by atoms with Crippen LogP contribution in [-0.2, 0) is 52.7 Å². The van der Waals surface area contributed by atoms with Crippen molar-refractivity contribution in [3.05, 3.63) is 41.5 Å². The van der Waals surface area contributed by atoms with Gasteiger partial charge in [0.2, 0.25) is 47.3 Å². The normalized spacial score (nSPS) is 25.8. The largest absolute Gasteiger partial charge is 0.478 e. The van der Waals surface area contributed by atoms with E-state index in [4.69, 9.17) is 0 Å². The number of nitrogens with zero attached hydrogens (tertiary/aromatic N) is 7. The summed E-state index contributed by atoms with van der Waals surface area (Å²) in [6.07, 6.45) is 1.85. The first-order valence-corrected chi connectivity index (χ1v) is 33.4. The van der Waals surface area contributed by atoms with Crippen LogP contribution in [0, 0.1) is 59.2 Å². The maximum Gasteiger partial charge on any atom is 0.335 e. The van der Waals surface area contributed by atoms with E-state index in [2.05, 4.69) is 5.32 Å². The number of carbonyl (C=O) groups is 12. The number of aliphatic hydroxyl groups is 1. The number of rotatable bonds is 17. The third-order valence-corrected chi connectivity index (χ3v) is 18.3. The summed E-state index contributed by atoms with van der Waals surface area (Å²) in [5, 5.41) is 24.6. The first kappa shape index (κ1) is 82.3. The highest BCUT2D eigenvalue weighted by Gasteiger charge is 2.46. The standard InChI is InChI=1S/C71H116N8O14/c1-24-50-37-59(82)62(63(84)46(14)26-25-27-49-28-30-51(31-29-49)71(92)93)79(23)70(91)61(45(12)13)78(22)69(90)56(35-43(8)9)77(21)68(89)55(34-42(6)7)76(20)65(86)48(16)72-64(85)47(15)36-57(80)54(33-41(4)5)75(19)67(88)52(44(10)11)38-58(81)53(32-40(2)3)74(18)60(83)39-73(17)66(50)87/h25,27-31,40-48,50,52-56,61-63,84H,24,26,32-39H2,1-23H3,(H,72,85)(H,92,93)/b27-25+/t46-,47-,48-,50-,52+,53+,54+,55?,56+,61+,62-,63-/m1/s1. The van der Waals surface area contributed by atoms with Crippen LogP contribution in [0.5, 0.6) is 0 Å². The van der Waals surface area contributed by atoms with Crippen molar-refractivity contribution in [1.82, 2.24) is 39.6 Å². The maximum atomic E-state index is 15.4. The number of hydrogen-bond acceptors (Lipinski definition) is 13. The molecule has 22 heteroatoms. The van der Waals surface area contributed by atoms with Gasteiger partial charge in [-0.1, -0.05) is 128 Å². The van der Waals surface area contributed by atoms with Crippen LogP contribution in [0.1, 0.15) is 184 Å². The number of carbonyl (C=O) groups excluding carboxylic acids is 11. The lowest BCUT2D eigenvalue weighted by Gasteiger charge is -2.41. The van der Waals surface area contributed by atoms with Gasteiger partial charge >= 0.3 is 5.97 Å². The molecule has 1 unspecified atom stereocenters. The van der Waals surface area contributed by atoms with Gasteiger partial charge in [-0.05, 0) is 105 Å². The number of benzene rings is 1. The third-order valence-electron chi connectivity index (χ3n) is 18.3. The summed E-state index contributed by atoms with van der Waals surface area (Å²) in [7, 11) is 10.1. The minimum absolute atomic E-state index is 0.0815. The van der Waals surface area contributed by atoms with Gasteiger partial charge in [0.1, 0.15) is 30.2 Å². The molecule has 93 heavy (non-hydrogen) atoms. The number of amides is 8. The van der Waals surface area contributed by atoms with Crippen molar-refractivity contribution in [1.29, 1.82) is 0 Å². The van der Waals surface area contributed by atoms with Crippen LogP contribution >= 0.6 is 0 Å². The highest BCUT2D eigenvalue weighted by molar-refractivity contribution is 5.99. The van der Waals surface area contributed by atoms with Gasteiger partial charge in [-0.15, -0.1) is 0 Å². The molecule has 3 N–H and O–H groups in total. The van der Waals surface area contributed by atoms with Crippen LogP contribution in [-0.4, -0.2) is 219 Å². The second-order valence-electron chi connectivity index (χ2n) is 28.8. The molecule has 0 aromatic heterocycles. The van der Waals surface area contributed by atoms with Crippen LogP contribution in [0.25, 0.3) is 6.08 Å². The molecule has 0 aliphatic carbocycles. The van der Waals surface area contributed by atoms with Gasteiger partial charge in [0.15, 0.2) is 17.3 Å². The van der Waals surface area contributed by atoms with Crippen molar-refractivity contribution in [3.8, 4) is 0 Å². The van der Waals surface area contributed by atoms with Gasteiger partial charge in [0, 0.05) is 86.3 Å². The van der Waals surface area contributed by atoms with E-state index in [-0.39, 0.29) is 80.6 Å². The highest BCUT2D eigenvalue weighted by atomic mass is 16.4. The lowest BCUT2D eigenvalue weighted by Crippen LogP contribution is -2.61. The fraction of sp³-hybridized carbons (Fsp3) is 0.718. The SMILES string of the molecule is CC[C@@H]1CC(=O)[C@H]([C@H](O)[C@H](C)C/C=C/c2ccc(C(=O)O)cc2)N(C)C(=O)[C@H](C(C)C)N(C)C(=O)[C@H](CC(C)C)N(C)C(=O)C(CC(C)C)N(C)C(=O)[C@@H](C)NC(=O)[C@H](C)CC(=O)[C@H](CC(C)C)N(C)C(=O)[C@H](C(C)C)CC(=O)[C@H](CC(C)C)N(C)C(=O)CN(C)C1=O. The first-order valence-electron chi connectivity index (χ1n) is 33.4. The molecule has 524 valence electrons. The molecule has 8 amide bonds. The molecule has 1 aromatic carbocycles. The van der Waals surface area contributed by atoms with Gasteiger partial charge in [-0.3, -0.25) is 52.7 Å². The van der Waals surface area contributed by atoms with E-state index in [1.54, 1.807) is 72.8 Å². The monoisotopic (exact) mass is 1300 g/mol. The Kier molecular flexibility index (Phi) is 33.0. The summed E-state index contributed by atoms with van der Waals surface area (Å²) in [5.41, 5.74) is 0.759. The minimum Gasteiger partial charge on any atom is -0.478 e. The van der Waals surface area contributed by atoms with Gasteiger partial charge in [0.25, 0.3) is 0 Å².